The van der Waals surface area contributed by atoms with E-state index in [0.717, 1.165) is 38.4 Å². The Bertz CT molecular complexity index is 796. The normalized spacial score (nSPS) is 22.0. The highest BCUT2D eigenvalue weighted by Gasteiger charge is 2.39. The molecule has 2 aliphatic heterocycles. The number of sulfonamides is 1. The number of carbonyl (C=O) groups excluding carboxylic acids is 1. The predicted molar refractivity (Wildman–Crippen MR) is 112 cm³/mol. The summed E-state index contributed by atoms with van der Waals surface area (Å²) in [5, 5.41) is 2.93. The molecule has 1 aromatic carbocycles. The third kappa shape index (κ3) is 5.36. The minimum atomic E-state index is -3.70. The third-order valence-corrected chi connectivity index (χ3v) is 7.59. The molecular weight excluding hydrogens is 390 g/mol. The lowest BCUT2D eigenvalue weighted by Crippen LogP contribution is -2.48. The van der Waals surface area contributed by atoms with Crippen molar-refractivity contribution >= 4 is 15.9 Å². The number of amides is 1. The number of benzene rings is 1. The number of rotatable bonds is 6. The minimum absolute atomic E-state index is 0.0428. The van der Waals surface area contributed by atoms with Crippen LogP contribution in [0.25, 0.3) is 0 Å². The van der Waals surface area contributed by atoms with Gasteiger partial charge in [0.2, 0.25) is 15.9 Å². The van der Waals surface area contributed by atoms with Gasteiger partial charge in [-0.3, -0.25) is 9.69 Å². The smallest absolute Gasteiger partial charge is 0.243 e. The average Bonchev–Trinajstić information content (AvgIpc) is 3.19. The summed E-state index contributed by atoms with van der Waals surface area (Å²) in [4.78, 5) is 15.2. The quantitative estimate of drug-likeness (QED) is 0.752. The Hall–Kier alpha value is -1.48. The van der Waals surface area contributed by atoms with Crippen LogP contribution in [0.4, 0.5) is 0 Å². The molecule has 0 saturated carbocycles. The van der Waals surface area contributed by atoms with Crippen molar-refractivity contribution in [2.24, 2.45) is 0 Å². The summed E-state index contributed by atoms with van der Waals surface area (Å²) in [7, 11) is -3.70. The molecule has 2 fully saturated rings. The molecule has 162 valence electrons. The maximum absolute atomic E-state index is 13.2. The zero-order valence-corrected chi connectivity index (χ0v) is 18.5. The van der Waals surface area contributed by atoms with Crippen molar-refractivity contribution in [1.29, 1.82) is 0 Å². The fraction of sp³-hybridized carbons (Fsp3) is 0.667. The molecule has 8 heteroatoms. The van der Waals surface area contributed by atoms with E-state index in [-0.39, 0.29) is 16.2 Å². The topological polar surface area (TPSA) is 79.0 Å². The van der Waals surface area contributed by atoms with Crippen LogP contribution in [-0.4, -0.2) is 75.5 Å². The molecule has 2 aliphatic rings. The summed E-state index contributed by atoms with van der Waals surface area (Å²) in [6, 6.07) is 6.40. The lowest BCUT2D eigenvalue weighted by Gasteiger charge is -2.27. The summed E-state index contributed by atoms with van der Waals surface area (Å²) >= 11 is 0. The summed E-state index contributed by atoms with van der Waals surface area (Å²) in [5.41, 5.74) is 1.04. The van der Waals surface area contributed by atoms with Gasteiger partial charge in [0.05, 0.1) is 18.1 Å². The van der Waals surface area contributed by atoms with Crippen LogP contribution in [0.1, 0.15) is 39.2 Å². The van der Waals surface area contributed by atoms with Crippen molar-refractivity contribution in [3.05, 3.63) is 29.8 Å². The van der Waals surface area contributed by atoms with Gasteiger partial charge in [-0.25, -0.2) is 8.42 Å². The highest BCUT2D eigenvalue weighted by molar-refractivity contribution is 7.89. The van der Waals surface area contributed by atoms with Gasteiger partial charge in [-0.2, -0.15) is 4.31 Å². The number of ether oxygens (including phenoxy) is 1. The molecule has 2 heterocycles. The van der Waals surface area contributed by atoms with Crippen LogP contribution in [0.5, 0.6) is 0 Å². The van der Waals surface area contributed by atoms with Gasteiger partial charge in [0.15, 0.2) is 0 Å². The Labute approximate surface area is 174 Å². The van der Waals surface area contributed by atoms with Crippen molar-refractivity contribution in [2.75, 3.05) is 45.9 Å². The van der Waals surface area contributed by atoms with Gasteiger partial charge < -0.3 is 10.1 Å². The molecule has 7 nitrogen and oxygen atoms in total. The van der Waals surface area contributed by atoms with Gasteiger partial charge in [0.25, 0.3) is 0 Å². The number of nitrogens with one attached hydrogen (secondary N) is 1. The maximum atomic E-state index is 13.2. The first-order valence-electron chi connectivity index (χ1n) is 10.4. The Kier molecular flexibility index (Phi) is 6.98. The molecule has 1 aromatic rings. The molecule has 0 aromatic heterocycles. The Balaban J connectivity index is 1.63. The van der Waals surface area contributed by atoms with E-state index in [1.54, 1.807) is 12.1 Å². The van der Waals surface area contributed by atoms with E-state index in [4.69, 9.17) is 4.74 Å². The third-order valence-electron chi connectivity index (χ3n) is 5.66. The van der Waals surface area contributed by atoms with Crippen LogP contribution in [0, 0.1) is 0 Å². The van der Waals surface area contributed by atoms with E-state index in [9.17, 15) is 13.2 Å². The number of carbonyl (C=O) groups is 1. The van der Waals surface area contributed by atoms with Crippen LogP contribution in [0.15, 0.2) is 29.2 Å². The molecule has 1 N–H and O–H groups in total. The van der Waals surface area contributed by atoms with Crippen LogP contribution in [0.2, 0.25) is 0 Å². The number of hydrogen-bond donors (Lipinski definition) is 1. The van der Waals surface area contributed by atoms with E-state index in [0.29, 0.717) is 25.9 Å². The maximum Gasteiger partial charge on any atom is 0.243 e. The first-order valence-corrected chi connectivity index (χ1v) is 11.8. The molecule has 1 amide bonds. The van der Waals surface area contributed by atoms with Crippen LogP contribution in [-0.2, 0) is 25.0 Å². The highest BCUT2D eigenvalue weighted by Crippen LogP contribution is 2.28. The summed E-state index contributed by atoms with van der Waals surface area (Å²) in [6.07, 6.45) is 1.25. The SMILES string of the molecule is CC(C)(C)c1ccc(S(=O)(=O)N2CCC[C@@H]2C(=O)NCCN2CCOCC2)cc1. The van der Waals surface area contributed by atoms with Crippen molar-refractivity contribution < 1.29 is 17.9 Å². The monoisotopic (exact) mass is 423 g/mol. The lowest BCUT2D eigenvalue weighted by molar-refractivity contribution is -0.124. The lowest BCUT2D eigenvalue weighted by atomic mass is 9.87. The zero-order valence-electron chi connectivity index (χ0n) is 17.7. The largest absolute Gasteiger partial charge is 0.379 e. The number of morpholine rings is 1. The Morgan fingerprint density at radius 1 is 1.14 bits per heavy atom. The van der Waals surface area contributed by atoms with Crippen molar-refractivity contribution in [3.63, 3.8) is 0 Å². The molecule has 0 unspecified atom stereocenters. The second kappa shape index (κ2) is 9.12. The summed E-state index contributed by atoms with van der Waals surface area (Å²) in [5.74, 6) is -0.203. The number of nitrogens with zero attached hydrogens (tertiary/aromatic N) is 2. The van der Waals surface area contributed by atoms with E-state index < -0.39 is 16.1 Å². The standard InChI is InChI=1S/C21H33N3O4S/c1-21(2,3)17-6-8-18(9-7-17)29(26,27)24-11-4-5-19(24)20(25)22-10-12-23-13-15-28-16-14-23/h6-9,19H,4-5,10-16H2,1-3H3,(H,22,25)/t19-/m1/s1. The summed E-state index contributed by atoms with van der Waals surface area (Å²) in [6.45, 7) is 11.1. The van der Waals surface area contributed by atoms with Crippen molar-refractivity contribution in [2.45, 2.75) is 50.0 Å². The number of hydrogen-bond acceptors (Lipinski definition) is 5. The average molecular weight is 424 g/mol. The predicted octanol–water partition coefficient (Wildman–Crippen LogP) is 1.59. The van der Waals surface area contributed by atoms with Gasteiger partial charge in [0.1, 0.15) is 6.04 Å². The zero-order chi connectivity index (χ0) is 21.1. The second-order valence-corrected chi connectivity index (χ2v) is 10.7. The first-order chi connectivity index (χ1) is 13.7. The van der Waals surface area contributed by atoms with E-state index in [1.807, 2.05) is 12.1 Å². The molecule has 29 heavy (non-hydrogen) atoms. The molecule has 0 radical (unpaired) electrons. The minimum Gasteiger partial charge on any atom is -0.379 e. The molecule has 3 rings (SSSR count). The van der Waals surface area contributed by atoms with Gasteiger partial charge in [-0.15, -0.1) is 0 Å². The molecule has 0 aliphatic carbocycles. The van der Waals surface area contributed by atoms with Gasteiger partial charge in [-0.1, -0.05) is 32.9 Å². The van der Waals surface area contributed by atoms with E-state index in [1.165, 1.54) is 4.31 Å². The Morgan fingerprint density at radius 2 is 1.79 bits per heavy atom. The van der Waals surface area contributed by atoms with E-state index in [2.05, 4.69) is 31.0 Å². The molecule has 0 spiro atoms. The van der Waals surface area contributed by atoms with Gasteiger partial charge in [-0.05, 0) is 36.0 Å². The van der Waals surface area contributed by atoms with Crippen LogP contribution < -0.4 is 5.32 Å². The van der Waals surface area contributed by atoms with Crippen LogP contribution >= 0.6 is 0 Å². The first kappa shape index (κ1) is 22.2. The highest BCUT2D eigenvalue weighted by atomic mass is 32.2. The van der Waals surface area contributed by atoms with Crippen LogP contribution in [0.3, 0.4) is 0 Å². The molecule has 1 atom stereocenters. The fourth-order valence-electron chi connectivity index (χ4n) is 3.83. The van der Waals surface area contributed by atoms with E-state index >= 15 is 0 Å². The van der Waals surface area contributed by atoms with Gasteiger partial charge >= 0.3 is 0 Å². The van der Waals surface area contributed by atoms with Gasteiger partial charge in [0, 0.05) is 32.7 Å². The summed E-state index contributed by atoms with van der Waals surface area (Å²) < 4.78 is 33.0. The second-order valence-electron chi connectivity index (χ2n) is 8.79. The molecule has 2 saturated heterocycles. The van der Waals surface area contributed by atoms with Crippen molar-refractivity contribution in [3.8, 4) is 0 Å². The van der Waals surface area contributed by atoms with Crippen molar-refractivity contribution in [1.82, 2.24) is 14.5 Å². The molecule has 0 bridgehead atoms. The molecular formula is C21H33N3O4S. The Morgan fingerprint density at radius 3 is 2.41 bits per heavy atom. The fourth-order valence-corrected chi connectivity index (χ4v) is 5.49.